The van der Waals surface area contributed by atoms with E-state index in [1.807, 2.05) is 24.3 Å². The summed E-state index contributed by atoms with van der Waals surface area (Å²) < 4.78 is 1.14. The molecule has 4 bridgehead atoms. The van der Waals surface area contributed by atoms with Gasteiger partial charge in [-0.15, -0.1) is 0 Å². The van der Waals surface area contributed by atoms with Gasteiger partial charge in [0, 0.05) is 27.6 Å². The molecule has 4 saturated carbocycles. The maximum atomic E-state index is 12.8. The van der Waals surface area contributed by atoms with Crippen LogP contribution in [0.15, 0.2) is 24.3 Å². The second-order valence-corrected chi connectivity index (χ2v) is 9.50. The smallest absolute Gasteiger partial charge is 0.226 e. The molecule has 2 N–H and O–H groups in total. The molecule has 25 heavy (non-hydrogen) atoms. The molecule has 0 aromatic heterocycles. The van der Waals surface area contributed by atoms with Gasteiger partial charge in [0.2, 0.25) is 11.8 Å². The molecule has 4 fully saturated rings. The Balaban J connectivity index is 1.26. The topological polar surface area (TPSA) is 58.2 Å². The Morgan fingerprint density at radius 1 is 1.00 bits per heavy atom. The van der Waals surface area contributed by atoms with Crippen LogP contribution in [0, 0.1) is 26.7 Å². The van der Waals surface area contributed by atoms with Gasteiger partial charge in [-0.25, -0.2) is 0 Å². The molecule has 0 aliphatic heterocycles. The molecule has 4 nitrogen and oxygen atoms in total. The Bertz CT molecular complexity index is 635. The Labute approximate surface area is 162 Å². The first-order valence-corrected chi connectivity index (χ1v) is 10.4. The summed E-state index contributed by atoms with van der Waals surface area (Å²) in [5.41, 5.74) is 0.680. The largest absolute Gasteiger partial charge is 0.355 e. The molecule has 0 heterocycles. The first kappa shape index (κ1) is 17.3. The van der Waals surface area contributed by atoms with Crippen LogP contribution in [0.4, 0.5) is 5.69 Å². The third-order valence-electron chi connectivity index (χ3n) is 6.29. The second-order valence-electron chi connectivity index (χ2n) is 8.26. The normalized spacial score (nSPS) is 32.4. The number of hydrogen-bond acceptors (Lipinski definition) is 2. The molecule has 2 amide bonds. The van der Waals surface area contributed by atoms with Crippen molar-refractivity contribution in [2.45, 2.75) is 44.9 Å². The van der Waals surface area contributed by atoms with Gasteiger partial charge in [-0.3, -0.25) is 9.59 Å². The highest BCUT2D eigenvalue weighted by Gasteiger charge is 2.54. The quantitative estimate of drug-likeness (QED) is 0.665. The van der Waals surface area contributed by atoms with E-state index in [4.69, 9.17) is 0 Å². The number of benzene rings is 1. The van der Waals surface area contributed by atoms with E-state index in [1.54, 1.807) is 0 Å². The molecule has 5 heteroatoms. The Kier molecular flexibility index (Phi) is 4.77. The zero-order valence-corrected chi connectivity index (χ0v) is 16.6. The molecular weight excluding hydrogens is 427 g/mol. The van der Waals surface area contributed by atoms with E-state index in [0.29, 0.717) is 13.0 Å². The highest BCUT2D eigenvalue weighted by atomic mass is 127. The standard InChI is InChI=1S/C20H25IN2O2/c21-16-1-3-17(4-2-16)23-18(24)5-6-22-19(25)20-10-13-7-14(11-20)9-15(8-13)12-20/h1-4,13-15H,5-12H2,(H,22,25)(H,23,24). The fraction of sp³-hybridized carbons (Fsp3) is 0.600. The maximum absolute atomic E-state index is 12.8. The van der Waals surface area contributed by atoms with E-state index in [-0.39, 0.29) is 17.2 Å². The lowest BCUT2D eigenvalue weighted by Crippen LogP contribution is -2.53. The van der Waals surface area contributed by atoms with Crippen molar-refractivity contribution in [2.75, 3.05) is 11.9 Å². The average Bonchev–Trinajstić information content (AvgIpc) is 2.55. The summed E-state index contributed by atoms with van der Waals surface area (Å²) in [7, 11) is 0. The number of halogens is 1. The predicted molar refractivity (Wildman–Crippen MR) is 106 cm³/mol. The van der Waals surface area contributed by atoms with Crippen molar-refractivity contribution in [1.29, 1.82) is 0 Å². The van der Waals surface area contributed by atoms with Crippen molar-refractivity contribution in [3.05, 3.63) is 27.8 Å². The fourth-order valence-corrected chi connectivity index (χ4v) is 5.98. The highest BCUT2D eigenvalue weighted by Crippen LogP contribution is 2.60. The zero-order valence-electron chi connectivity index (χ0n) is 14.4. The number of amides is 2. The Morgan fingerprint density at radius 3 is 2.12 bits per heavy atom. The van der Waals surface area contributed by atoms with Crippen LogP contribution < -0.4 is 10.6 Å². The Hall–Kier alpha value is -1.11. The molecule has 0 spiro atoms. The summed E-state index contributed by atoms with van der Waals surface area (Å²) in [5.74, 6) is 2.45. The van der Waals surface area contributed by atoms with E-state index >= 15 is 0 Å². The van der Waals surface area contributed by atoms with Crippen LogP contribution in [0.1, 0.15) is 44.9 Å². The van der Waals surface area contributed by atoms with Crippen LogP contribution in [-0.2, 0) is 9.59 Å². The van der Waals surface area contributed by atoms with Crippen molar-refractivity contribution in [3.8, 4) is 0 Å². The van der Waals surface area contributed by atoms with Gasteiger partial charge in [-0.05, 0) is 103 Å². The number of hydrogen-bond donors (Lipinski definition) is 2. The van der Waals surface area contributed by atoms with Crippen LogP contribution in [0.5, 0.6) is 0 Å². The lowest BCUT2D eigenvalue weighted by molar-refractivity contribution is -0.146. The fourth-order valence-electron chi connectivity index (χ4n) is 5.62. The molecule has 5 rings (SSSR count). The van der Waals surface area contributed by atoms with Gasteiger partial charge in [0.1, 0.15) is 0 Å². The van der Waals surface area contributed by atoms with E-state index in [9.17, 15) is 9.59 Å². The van der Waals surface area contributed by atoms with Gasteiger partial charge in [0.05, 0.1) is 0 Å². The van der Waals surface area contributed by atoms with Crippen molar-refractivity contribution >= 4 is 40.1 Å². The summed E-state index contributed by atoms with van der Waals surface area (Å²) in [6.07, 6.45) is 7.55. The van der Waals surface area contributed by atoms with Crippen molar-refractivity contribution < 1.29 is 9.59 Å². The molecule has 1 aromatic rings. The monoisotopic (exact) mass is 452 g/mol. The number of rotatable bonds is 5. The predicted octanol–water partition coefficient (Wildman–Crippen LogP) is 3.95. The minimum absolute atomic E-state index is 0.0491. The molecule has 1 aromatic carbocycles. The number of anilines is 1. The van der Waals surface area contributed by atoms with Crippen LogP contribution in [0.2, 0.25) is 0 Å². The SMILES string of the molecule is O=C(CCNC(=O)C12CC3CC(CC(C3)C1)C2)Nc1ccc(I)cc1. The van der Waals surface area contributed by atoms with E-state index < -0.39 is 0 Å². The molecule has 0 saturated heterocycles. The second kappa shape index (κ2) is 6.89. The molecule has 4 aliphatic rings. The van der Waals surface area contributed by atoms with Crippen LogP contribution >= 0.6 is 22.6 Å². The van der Waals surface area contributed by atoms with E-state index in [2.05, 4.69) is 33.2 Å². The van der Waals surface area contributed by atoms with Gasteiger partial charge in [0.15, 0.2) is 0 Å². The average molecular weight is 452 g/mol. The van der Waals surface area contributed by atoms with Gasteiger partial charge in [0.25, 0.3) is 0 Å². The van der Waals surface area contributed by atoms with E-state index in [1.165, 1.54) is 19.3 Å². The zero-order chi connectivity index (χ0) is 17.4. The van der Waals surface area contributed by atoms with Crippen LogP contribution in [-0.4, -0.2) is 18.4 Å². The van der Waals surface area contributed by atoms with Gasteiger partial charge < -0.3 is 10.6 Å². The molecule has 0 radical (unpaired) electrons. The lowest BCUT2D eigenvalue weighted by Gasteiger charge is -2.55. The van der Waals surface area contributed by atoms with Crippen LogP contribution in [0.25, 0.3) is 0 Å². The van der Waals surface area contributed by atoms with Gasteiger partial charge >= 0.3 is 0 Å². The molecular formula is C20H25IN2O2. The summed E-state index contributed by atoms with van der Waals surface area (Å²) >= 11 is 2.24. The number of carbonyl (C=O) groups excluding carboxylic acids is 2. The van der Waals surface area contributed by atoms with E-state index in [0.717, 1.165) is 46.3 Å². The van der Waals surface area contributed by atoms with Gasteiger partial charge in [-0.2, -0.15) is 0 Å². The van der Waals surface area contributed by atoms with Crippen molar-refractivity contribution in [3.63, 3.8) is 0 Å². The van der Waals surface area contributed by atoms with Crippen molar-refractivity contribution in [2.24, 2.45) is 23.2 Å². The molecule has 0 atom stereocenters. The lowest BCUT2D eigenvalue weighted by atomic mass is 9.49. The molecule has 0 unspecified atom stereocenters. The minimum atomic E-state index is -0.124. The molecule has 4 aliphatic carbocycles. The number of carbonyl (C=O) groups is 2. The Morgan fingerprint density at radius 2 is 1.56 bits per heavy atom. The molecule has 134 valence electrons. The van der Waals surface area contributed by atoms with Gasteiger partial charge in [-0.1, -0.05) is 0 Å². The van der Waals surface area contributed by atoms with Crippen LogP contribution in [0.3, 0.4) is 0 Å². The minimum Gasteiger partial charge on any atom is -0.355 e. The van der Waals surface area contributed by atoms with Crippen molar-refractivity contribution in [1.82, 2.24) is 5.32 Å². The first-order valence-electron chi connectivity index (χ1n) is 9.36. The number of nitrogens with one attached hydrogen (secondary N) is 2. The summed E-state index contributed by atoms with van der Waals surface area (Å²) in [4.78, 5) is 24.9. The maximum Gasteiger partial charge on any atom is 0.226 e. The summed E-state index contributed by atoms with van der Waals surface area (Å²) in [5, 5.41) is 5.95. The third kappa shape index (κ3) is 3.71. The summed E-state index contributed by atoms with van der Waals surface area (Å²) in [6, 6.07) is 7.72. The summed E-state index contributed by atoms with van der Waals surface area (Å²) in [6.45, 7) is 0.427. The third-order valence-corrected chi connectivity index (χ3v) is 7.00. The first-order chi connectivity index (χ1) is 12.0. The highest BCUT2D eigenvalue weighted by molar-refractivity contribution is 14.1.